The Bertz CT molecular complexity index is 1250. The quantitative estimate of drug-likeness (QED) is 0.329. The lowest BCUT2D eigenvalue weighted by atomic mass is 9.72. The molecule has 0 aliphatic rings. The van der Waals surface area contributed by atoms with Crippen molar-refractivity contribution in [3.05, 3.63) is 100 Å². The summed E-state index contributed by atoms with van der Waals surface area (Å²) in [6.07, 6.45) is -10.6. The molecule has 0 bridgehead atoms. The normalized spacial score (nSPS) is 14.2. The molecule has 0 spiro atoms. The molecule has 37 heavy (non-hydrogen) atoms. The van der Waals surface area contributed by atoms with Crippen LogP contribution < -0.4 is 5.32 Å². The zero-order valence-corrected chi connectivity index (χ0v) is 19.2. The Morgan fingerprint density at radius 1 is 0.865 bits per heavy atom. The van der Waals surface area contributed by atoms with Gasteiger partial charge in [-0.25, -0.2) is 4.39 Å². The highest BCUT2D eigenvalue weighted by Crippen LogP contribution is 2.40. The predicted molar refractivity (Wildman–Crippen MR) is 116 cm³/mol. The number of benzene rings is 2. The SMILES string of the molecule is O=C(NC[C@@](Cc1ccccc1)(c1cc(F)cc(C(F)(F)F)c1)c1ccc(Cl)cn1)C(F)(F)C(F)(F)F. The van der Waals surface area contributed by atoms with Gasteiger partial charge in [0.15, 0.2) is 0 Å². The van der Waals surface area contributed by atoms with Gasteiger partial charge in [-0.3, -0.25) is 9.78 Å². The zero-order chi connectivity index (χ0) is 27.6. The van der Waals surface area contributed by atoms with E-state index < -0.39 is 53.1 Å². The van der Waals surface area contributed by atoms with Crippen molar-refractivity contribution >= 4 is 17.5 Å². The molecule has 3 rings (SSSR count). The van der Waals surface area contributed by atoms with Crippen LogP contribution in [0.5, 0.6) is 0 Å². The lowest BCUT2D eigenvalue weighted by Crippen LogP contribution is -2.54. The highest BCUT2D eigenvalue weighted by molar-refractivity contribution is 6.30. The van der Waals surface area contributed by atoms with Crippen molar-refractivity contribution in [3.63, 3.8) is 0 Å². The number of alkyl halides is 8. The summed E-state index contributed by atoms with van der Waals surface area (Å²) >= 11 is 5.85. The lowest BCUT2D eigenvalue weighted by Gasteiger charge is -2.35. The summed E-state index contributed by atoms with van der Waals surface area (Å²) in [5, 5.41) is 1.56. The first-order valence-electron chi connectivity index (χ1n) is 10.3. The average Bonchev–Trinajstić information content (AvgIpc) is 2.81. The van der Waals surface area contributed by atoms with E-state index in [-0.39, 0.29) is 23.2 Å². The largest absolute Gasteiger partial charge is 0.463 e. The second-order valence-corrected chi connectivity index (χ2v) is 8.52. The van der Waals surface area contributed by atoms with Crippen molar-refractivity contribution in [3.8, 4) is 0 Å². The number of hydrogen-bond donors (Lipinski definition) is 1. The van der Waals surface area contributed by atoms with Crippen molar-refractivity contribution in [2.24, 2.45) is 0 Å². The van der Waals surface area contributed by atoms with E-state index in [2.05, 4.69) is 4.98 Å². The third-order valence-corrected chi connectivity index (χ3v) is 5.76. The topological polar surface area (TPSA) is 42.0 Å². The molecule has 198 valence electrons. The average molecular weight is 555 g/mol. The Hall–Kier alpha value is -3.28. The van der Waals surface area contributed by atoms with E-state index in [1.807, 2.05) is 0 Å². The first-order valence-corrected chi connectivity index (χ1v) is 10.7. The van der Waals surface area contributed by atoms with Gasteiger partial charge in [0.1, 0.15) is 5.82 Å². The van der Waals surface area contributed by atoms with Gasteiger partial charge in [-0.2, -0.15) is 35.1 Å². The minimum atomic E-state index is -6.24. The Morgan fingerprint density at radius 2 is 1.49 bits per heavy atom. The van der Waals surface area contributed by atoms with Gasteiger partial charge in [-0.15, -0.1) is 0 Å². The highest BCUT2D eigenvalue weighted by Gasteiger charge is 2.63. The molecule has 3 nitrogen and oxygen atoms in total. The third-order valence-electron chi connectivity index (χ3n) is 5.54. The number of nitrogens with one attached hydrogen (secondary N) is 1. The maximum Gasteiger partial charge on any atom is 0.463 e. The van der Waals surface area contributed by atoms with Crippen molar-refractivity contribution in [2.45, 2.75) is 30.1 Å². The molecule has 0 radical (unpaired) electrons. The standard InChI is InChI=1S/C24H16ClF9N2O/c25-17-6-7-19(35-12-17)21(11-14-4-2-1-3-5-14,13-36-20(37)22(27,28)24(32,33)34)15-8-16(23(29,30)31)10-18(26)9-15/h1-10,12H,11,13H2,(H,36,37)/t21-/m0/s1. The number of carbonyl (C=O) groups excluding carboxylic acids is 1. The van der Waals surface area contributed by atoms with Gasteiger partial charge in [0.2, 0.25) is 0 Å². The van der Waals surface area contributed by atoms with Crippen LogP contribution in [0.15, 0.2) is 66.9 Å². The van der Waals surface area contributed by atoms with Gasteiger partial charge in [-0.05, 0) is 47.9 Å². The van der Waals surface area contributed by atoms with Crippen LogP contribution in [-0.4, -0.2) is 29.5 Å². The fourth-order valence-corrected chi connectivity index (χ4v) is 3.81. The van der Waals surface area contributed by atoms with Crippen LogP contribution in [0.1, 0.15) is 22.4 Å². The van der Waals surface area contributed by atoms with Crippen LogP contribution in [0.3, 0.4) is 0 Å². The maximum atomic E-state index is 14.5. The number of pyridine rings is 1. The van der Waals surface area contributed by atoms with Crippen LogP contribution >= 0.6 is 11.6 Å². The highest BCUT2D eigenvalue weighted by atomic mass is 35.5. The molecule has 0 saturated carbocycles. The molecule has 3 aromatic rings. The number of rotatable bonds is 7. The predicted octanol–water partition coefficient (Wildman–Crippen LogP) is 6.74. The minimum Gasteiger partial charge on any atom is -0.349 e. The molecule has 0 saturated heterocycles. The van der Waals surface area contributed by atoms with Gasteiger partial charge in [0.25, 0.3) is 5.91 Å². The summed E-state index contributed by atoms with van der Waals surface area (Å²) in [7, 11) is 0. The van der Waals surface area contributed by atoms with E-state index in [4.69, 9.17) is 11.6 Å². The number of halogens is 10. The maximum absolute atomic E-state index is 14.5. The lowest BCUT2D eigenvalue weighted by molar-refractivity contribution is -0.269. The van der Waals surface area contributed by atoms with E-state index in [1.165, 1.54) is 29.6 Å². The van der Waals surface area contributed by atoms with Crippen LogP contribution in [0.2, 0.25) is 5.02 Å². The molecule has 0 fully saturated rings. The molecule has 2 aromatic carbocycles. The van der Waals surface area contributed by atoms with Crippen LogP contribution in [0.4, 0.5) is 39.5 Å². The molecule has 1 amide bonds. The number of hydrogen-bond acceptors (Lipinski definition) is 2. The molecule has 1 N–H and O–H groups in total. The van der Waals surface area contributed by atoms with Crippen molar-refractivity contribution in [2.75, 3.05) is 6.54 Å². The molecule has 0 aliphatic heterocycles. The fraction of sp³-hybridized carbons (Fsp3) is 0.250. The number of carbonyl (C=O) groups is 1. The molecular weight excluding hydrogens is 539 g/mol. The molecule has 13 heteroatoms. The van der Waals surface area contributed by atoms with Gasteiger partial charge < -0.3 is 5.32 Å². The van der Waals surface area contributed by atoms with Crippen LogP contribution in [-0.2, 0) is 22.8 Å². The number of aromatic nitrogens is 1. The number of nitrogens with zero attached hydrogens (tertiary/aromatic N) is 1. The van der Waals surface area contributed by atoms with Gasteiger partial charge in [0, 0.05) is 12.7 Å². The Labute approximate surface area is 209 Å². The molecule has 1 atom stereocenters. The second kappa shape index (κ2) is 10.2. The summed E-state index contributed by atoms with van der Waals surface area (Å²) in [4.78, 5) is 16.0. The number of amides is 1. The molecule has 1 heterocycles. The molecular formula is C24H16ClF9N2O. The summed E-state index contributed by atoms with van der Waals surface area (Å²) in [6.45, 7) is -1.10. The third kappa shape index (κ3) is 6.17. The molecule has 1 aromatic heterocycles. The zero-order valence-electron chi connectivity index (χ0n) is 18.4. The summed E-state index contributed by atoms with van der Waals surface area (Å²) < 4.78 is 121. The van der Waals surface area contributed by atoms with E-state index >= 15 is 0 Å². The van der Waals surface area contributed by atoms with Crippen molar-refractivity contribution < 1.29 is 44.3 Å². The first kappa shape index (κ1) is 28.3. The Morgan fingerprint density at radius 3 is 2.03 bits per heavy atom. The van der Waals surface area contributed by atoms with Crippen molar-refractivity contribution in [1.29, 1.82) is 0 Å². The van der Waals surface area contributed by atoms with Crippen molar-refractivity contribution in [1.82, 2.24) is 10.3 Å². The molecule has 0 aliphatic carbocycles. The smallest absolute Gasteiger partial charge is 0.349 e. The van der Waals surface area contributed by atoms with E-state index in [1.54, 1.807) is 18.2 Å². The van der Waals surface area contributed by atoms with Crippen LogP contribution in [0.25, 0.3) is 0 Å². The van der Waals surface area contributed by atoms with E-state index in [0.717, 1.165) is 6.20 Å². The summed E-state index contributed by atoms with van der Waals surface area (Å²) in [6, 6.07) is 11.5. The fourth-order valence-electron chi connectivity index (χ4n) is 3.70. The Balaban J connectivity index is 2.26. The summed E-state index contributed by atoms with van der Waals surface area (Å²) in [5.74, 6) is -9.90. The van der Waals surface area contributed by atoms with Gasteiger partial charge in [0.05, 0.1) is 21.7 Å². The first-order chi connectivity index (χ1) is 17.1. The molecule has 0 unspecified atom stereocenters. The van der Waals surface area contributed by atoms with Crippen LogP contribution in [0, 0.1) is 5.82 Å². The minimum absolute atomic E-state index is 0.0697. The van der Waals surface area contributed by atoms with E-state index in [0.29, 0.717) is 17.7 Å². The van der Waals surface area contributed by atoms with Gasteiger partial charge in [-0.1, -0.05) is 41.9 Å². The summed E-state index contributed by atoms with van der Waals surface area (Å²) in [5.41, 5.74) is -3.76. The second-order valence-electron chi connectivity index (χ2n) is 8.09. The van der Waals surface area contributed by atoms with E-state index in [9.17, 15) is 44.3 Å². The Kier molecular flexibility index (Phi) is 7.83. The monoisotopic (exact) mass is 554 g/mol. The van der Waals surface area contributed by atoms with Gasteiger partial charge >= 0.3 is 18.3 Å².